The molecule has 0 bridgehead atoms. The Kier molecular flexibility index (Phi) is 6.65. The van der Waals surface area contributed by atoms with E-state index in [0.29, 0.717) is 42.7 Å². The van der Waals surface area contributed by atoms with Crippen molar-refractivity contribution in [2.24, 2.45) is 0 Å². The maximum Gasteiger partial charge on any atom is 0.241 e. The Morgan fingerprint density at radius 2 is 1.69 bits per heavy atom. The molecule has 0 spiro atoms. The number of benzene rings is 2. The Hall–Kier alpha value is -1.90. The maximum atomic E-state index is 12.9. The number of nitrogens with one attached hydrogen (secondary N) is 1. The van der Waals surface area contributed by atoms with Crippen LogP contribution in [0.2, 0.25) is 0 Å². The first kappa shape index (κ1) is 21.8. The van der Waals surface area contributed by atoms with Crippen LogP contribution >= 0.6 is 0 Å². The number of rotatable bonds is 7. The minimum Gasteiger partial charge on any atom is -0.270 e. The van der Waals surface area contributed by atoms with E-state index in [4.69, 9.17) is 0 Å². The summed E-state index contributed by atoms with van der Waals surface area (Å²) in [6.45, 7) is 4.21. The molecule has 1 aliphatic heterocycles. The summed E-state index contributed by atoms with van der Waals surface area (Å²) in [7, 11) is -7.00. The molecule has 29 heavy (non-hydrogen) atoms. The van der Waals surface area contributed by atoms with Gasteiger partial charge in [0, 0.05) is 13.1 Å². The molecule has 158 valence electrons. The van der Waals surface area contributed by atoms with E-state index in [2.05, 4.69) is 4.72 Å². The average molecular weight is 437 g/mol. The van der Waals surface area contributed by atoms with E-state index in [1.807, 2.05) is 30.3 Å². The summed E-state index contributed by atoms with van der Waals surface area (Å²) in [5.74, 6) is 0.133. The topological polar surface area (TPSA) is 83.6 Å². The standard InChI is InChI=1S/C21H28N2O4S2/c1-17-15-20(23-13-6-7-14-28(23,24)25)16-18(2)21(17)29(26,27)22-12-8-11-19-9-4-3-5-10-19/h3-5,9-10,15-16,22H,6-8,11-14H2,1-2H3. The quantitative estimate of drug-likeness (QED) is 0.676. The number of aryl methyl sites for hydroxylation is 3. The monoisotopic (exact) mass is 436 g/mol. The minimum atomic E-state index is -3.67. The second kappa shape index (κ2) is 8.85. The number of anilines is 1. The zero-order valence-corrected chi connectivity index (χ0v) is 18.5. The summed E-state index contributed by atoms with van der Waals surface area (Å²) in [5.41, 5.74) is 2.82. The Bertz CT molecular complexity index is 1040. The van der Waals surface area contributed by atoms with E-state index in [-0.39, 0.29) is 10.6 Å². The van der Waals surface area contributed by atoms with Gasteiger partial charge in [0.2, 0.25) is 20.0 Å². The normalized spacial score (nSPS) is 16.7. The van der Waals surface area contributed by atoms with Crippen molar-refractivity contribution in [3.63, 3.8) is 0 Å². The van der Waals surface area contributed by atoms with Crippen LogP contribution in [0.15, 0.2) is 47.4 Å². The van der Waals surface area contributed by atoms with Crippen LogP contribution in [0, 0.1) is 13.8 Å². The van der Waals surface area contributed by atoms with Gasteiger partial charge in [-0.3, -0.25) is 4.31 Å². The molecule has 1 saturated heterocycles. The van der Waals surface area contributed by atoms with Crippen LogP contribution in [0.1, 0.15) is 36.0 Å². The molecule has 0 amide bonds. The van der Waals surface area contributed by atoms with Crippen LogP contribution < -0.4 is 9.03 Å². The van der Waals surface area contributed by atoms with Gasteiger partial charge in [-0.2, -0.15) is 0 Å². The summed E-state index contributed by atoms with van der Waals surface area (Å²) >= 11 is 0. The number of sulfonamides is 2. The van der Waals surface area contributed by atoms with Gasteiger partial charge in [0.1, 0.15) is 0 Å². The molecule has 3 rings (SSSR count). The third-order valence-corrected chi connectivity index (χ3v) is 8.76. The van der Waals surface area contributed by atoms with Crippen molar-refractivity contribution in [2.75, 3.05) is 23.1 Å². The van der Waals surface area contributed by atoms with Gasteiger partial charge < -0.3 is 0 Å². The third-order valence-electron chi connectivity index (χ3n) is 5.13. The lowest BCUT2D eigenvalue weighted by Crippen LogP contribution is -2.38. The molecular formula is C21H28N2O4S2. The SMILES string of the molecule is Cc1cc(N2CCCCS2(=O)=O)cc(C)c1S(=O)(=O)NCCCc1ccccc1. The molecule has 6 nitrogen and oxygen atoms in total. The smallest absolute Gasteiger partial charge is 0.241 e. The highest BCUT2D eigenvalue weighted by Gasteiger charge is 2.28. The lowest BCUT2D eigenvalue weighted by atomic mass is 10.1. The molecular weight excluding hydrogens is 408 g/mol. The van der Waals surface area contributed by atoms with E-state index in [1.54, 1.807) is 26.0 Å². The molecule has 2 aromatic rings. The van der Waals surface area contributed by atoms with E-state index in [9.17, 15) is 16.8 Å². The Balaban J connectivity index is 1.74. The number of nitrogens with zero attached hydrogens (tertiary/aromatic N) is 1. The second-order valence-corrected chi connectivity index (χ2v) is 11.2. The Morgan fingerprint density at radius 3 is 2.31 bits per heavy atom. The molecule has 0 saturated carbocycles. The number of hydrogen-bond donors (Lipinski definition) is 1. The fraction of sp³-hybridized carbons (Fsp3) is 0.429. The molecule has 2 aromatic carbocycles. The van der Waals surface area contributed by atoms with E-state index < -0.39 is 20.0 Å². The fourth-order valence-corrected chi connectivity index (χ4v) is 6.94. The van der Waals surface area contributed by atoms with Gasteiger partial charge in [-0.15, -0.1) is 0 Å². The van der Waals surface area contributed by atoms with Gasteiger partial charge in [0.15, 0.2) is 0 Å². The van der Waals surface area contributed by atoms with Gasteiger partial charge in [0.25, 0.3) is 0 Å². The highest BCUT2D eigenvalue weighted by Crippen LogP contribution is 2.30. The highest BCUT2D eigenvalue weighted by molar-refractivity contribution is 7.92. The molecule has 1 heterocycles. The summed E-state index contributed by atoms with van der Waals surface area (Å²) in [5, 5.41) is 0. The average Bonchev–Trinajstić information content (AvgIpc) is 2.65. The fourth-order valence-electron chi connectivity index (χ4n) is 3.79. The van der Waals surface area contributed by atoms with Crippen LogP contribution in [-0.4, -0.2) is 35.7 Å². The van der Waals surface area contributed by atoms with E-state index in [0.717, 1.165) is 12.8 Å². The van der Waals surface area contributed by atoms with Gasteiger partial charge in [-0.25, -0.2) is 21.6 Å². The molecule has 0 aliphatic carbocycles. The molecule has 0 atom stereocenters. The van der Waals surface area contributed by atoms with Crippen molar-refractivity contribution < 1.29 is 16.8 Å². The van der Waals surface area contributed by atoms with Crippen molar-refractivity contribution in [1.82, 2.24) is 4.72 Å². The van der Waals surface area contributed by atoms with Crippen LogP contribution in [0.3, 0.4) is 0 Å². The first-order valence-corrected chi connectivity index (χ1v) is 13.0. The van der Waals surface area contributed by atoms with E-state index in [1.165, 1.54) is 9.87 Å². The molecule has 1 N–H and O–H groups in total. The Morgan fingerprint density at radius 1 is 1.03 bits per heavy atom. The summed E-state index contributed by atoms with van der Waals surface area (Å²) < 4.78 is 54.5. The van der Waals surface area contributed by atoms with Crippen molar-refractivity contribution in [3.8, 4) is 0 Å². The zero-order chi connectivity index (χ0) is 21.1. The van der Waals surface area contributed by atoms with Crippen LogP contribution in [0.25, 0.3) is 0 Å². The van der Waals surface area contributed by atoms with Crippen molar-refractivity contribution >= 4 is 25.7 Å². The van der Waals surface area contributed by atoms with Crippen LogP contribution in [-0.2, 0) is 26.5 Å². The predicted octanol–water partition coefficient (Wildman–Crippen LogP) is 3.14. The van der Waals surface area contributed by atoms with Crippen LogP contribution in [0.4, 0.5) is 5.69 Å². The minimum absolute atomic E-state index is 0.133. The third kappa shape index (κ3) is 5.18. The number of hydrogen-bond acceptors (Lipinski definition) is 4. The van der Waals surface area contributed by atoms with Gasteiger partial charge >= 0.3 is 0 Å². The lowest BCUT2D eigenvalue weighted by Gasteiger charge is -2.29. The summed E-state index contributed by atoms with van der Waals surface area (Å²) in [6, 6.07) is 13.3. The van der Waals surface area contributed by atoms with Crippen molar-refractivity contribution in [2.45, 2.75) is 44.4 Å². The molecule has 0 unspecified atom stereocenters. The summed E-state index contributed by atoms with van der Waals surface area (Å²) in [6.07, 6.45) is 2.97. The maximum absolute atomic E-state index is 12.9. The molecule has 0 aromatic heterocycles. The highest BCUT2D eigenvalue weighted by atomic mass is 32.2. The first-order valence-electron chi connectivity index (χ1n) is 9.86. The molecule has 1 aliphatic rings. The largest absolute Gasteiger partial charge is 0.270 e. The first-order chi connectivity index (χ1) is 13.7. The van der Waals surface area contributed by atoms with Crippen molar-refractivity contribution in [3.05, 3.63) is 59.2 Å². The Labute approximate surface area is 174 Å². The van der Waals surface area contributed by atoms with Gasteiger partial charge in [-0.05, 0) is 68.4 Å². The predicted molar refractivity (Wildman–Crippen MR) is 116 cm³/mol. The van der Waals surface area contributed by atoms with E-state index >= 15 is 0 Å². The lowest BCUT2D eigenvalue weighted by molar-refractivity contribution is 0.574. The zero-order valence-electron chi connectivity index (χ0n) is 16.9. The van der Waals surface area contributed by atoms with Crippen LogP contribution in [0.5, 0.6) is 0 Å². The molecule has 1 fully saturated rings. The molecule has 8 heteroatoms. The van der Waals surface area contributed by atoms with Crippen molar-refractivity contribution in [1.29, 1.82) is 0 Å². The summed E-state index contributed by atoms with van der Waals surface area (Å²) in [4.78, 5) is 0.232. The second-order valence-electron chi connectivity index (χ2n) is 7.49. The van der Waals surface area contributed by atoms with Gasteiger partial charge in [0.05, 0.1) is 16.3 Å². The van der Waals surface area contributed by atoms with Gasteiger partial charge in [-0.1, -0.05) is 30.3 Å². The molecule has 0 radical (unpaired) electrons.